The molecule has 1 aromatic heterocycles. The Kier molecular flexibility index (Phi) is 8.91. The molecule has 3 aromatic rings. The molecule has 1 aliphatic carbocycles. The topological polar surface area (TPSA) is 85.9 Å². The zero-order valence-corrected chi connectivity index (χ0v) is 21.6. The number of carbonyl (C=O) groups is 2. The summed E-state index contributed by atoms with van der Waals surface area (Å²) >= 11 is 6.89. The molecule has 36 heavy (non-hydrogen) atoms. The average Bonchev–Trinajstić information content (AvgIpc) is 3.25. The van der Waals surface area contributed by atoms with Crippen LogP contribution >= 0.6 is 23.6 Å². The minimum atomic E-state index is -0.377. The largest absolute Gasteiger partial charge is 0.490 e. The summed E-state index contributed by atoms with van der Waals surface area (Å²) in [6, 6.07) is 16.3. The van der Waals surface area contributed by atoms with Crippen molar-refractivity contribution >= 4 is 45.5 Å². The minimum absolute atomic E-state index is 0.117. The third-order valence-electron chi connectivity index (χ3n) is 5.57. The maximum atomic E-state index is 12.8. The molecule has 0 bridgehead atoms. The van der Waals surface area contributed by atoms with Crippen molar-refractivity contribution in [3.8, 4) is 11.5 Å². The van der Waals surface area contributed by atoms with E-state index in [-0.39, 0.29) is 17.0 Å². The lowest BCUT2D eigenvalue weighted by Crippen LogP contribution is -2.34. The van der Waals surface area contributed by atoms with Gasteiger partial charge in [0.2, 0.25) is 0 Å². The first-order valence-electron chi connectivity index (χ1n) is 11.9. The van der Waals surface area contributed by atoms with Gasteiger partial charge in [0.05, 0.1) is 12.2 Å². The summed E-state index contributed by atoms with van der Waals surface area (Å²) in [7, 11) is 0. The Labute approximate surface area is 219 Å². The molecule has 2 N–H and O–H groups in total. The standard InChI is InChI=1S/C27H28N2O5S2/c1-2-32-26(31)23-21-13-6-7-14-22(21)36-25(23)29-27(35)28-24(30)18-9-8-12-20(17-18)34-16-15-33-19-10-4-3-5-11-19/h3-5,8-12,17H,2,6-7,13-16H2,1H3,(H2,28,29,30,35). The van der Waals surface area contributed by atoms with Crippen LogP contribution in [0.25, 0.3) is 0 Å². The van der Waals surface area contributed by atoms with Crippen molar-refractivity contribution < 1.29 is 23.8 Å². The number of esters is 1. The monoisotopic (exact) mass is 524 g/mol. The van der Waals surface area contributed by atoms with Gasteiger partial charge in [0.25, 0.3) is 5.91 Å². The van der Waals surface area contributed by atoms with Gasteiger partial charge in [-0.15, -0.1) is 11.3 Å². The molecule has 0 aliphatic heterocycles. The van der Waals surface area contributed by atoms with E-state index in [1.54, 1.807) is 31.2 Å². The van der Waals surface area contributed by atoms with Crippen LogP contribution in [0, 0.1) is 0 Å². The van der Waals surface area contributed by atoms with Crippen molar-refractivity contribution in [2.24, 2.45) is 0 Å². The second-order valence-corrected chi connectivity index (χ2v) is 9.59. The molecule has 4 rings (SSSR count). The number of fused-ring (bicyclic) bond motifs is 1. The number of nitrogens with one attached hydrogen (secondary N) is 2. The Morgan fingerprint density at radius 3 is 2.47 bits per heavy atom. The van der Waals surface area contributed by atoms with Gasteiger partial charge in [-0.2, -0.15) is 0 Å². The van der Waals surface area contributed by atoms with E-state index in [1.165, 1.54) is 16.2 Å². The molecule has 0 saturated carbocycles. The Morgan fingerprint density at radius 1 is 0.972 bits per heavy atom. The molecule has 0 saturated heterocycles. The van der Waals surface area contributed by atoms with Crippen molar-refractivity contribution in [1.29, 1.82) is 0 Å². The zero-order valence-electron chi connectivity index (χ0n) is 20.0. The number of aryl methyl sites for hydroxylation is 1. The molecule has 0 atom stereocenters. The van der Waals surface area contributed by atoms with Crippen molar-refractivity contribution in [2.45, 2.75) is 32.6 Å². The molecular weight excluding hydrogens is 496 g/mol. The van der Waals surface area contributed by atoms with E-state index in [0.717, 1.165) is 37.0 Å². The lowest BCUT2D eigenvalue weighted by molar-refractivity contribution is 0.0526. The fourth-order valence-electron chi connectivity index (χ4n) is 3.95. The highest BCUT2D eigenvalue weighted by Gasteiger charge is 2.27. The van der Waals surface area contributed by atoms with Crippen LogP contribution < -0.4 is 20.1 Å². The molecular formula is C27H28N2O5S2. The van der Waals surface area contributed by atoms with E-state index in [9.17, 15) is 9.59 Å². The van der Waals surface area contributed by atoms with E-state index in [1.807, 2.05) is 30.3 Å². The number of carbonyl (C=O) groups excluding carboxylic acids is 2. The SMILES string of the molecule is CCOC(=O)c1c(NC(=S)NC(=O)c2cccc(OCCOc3ccccc3)c2)sc2c1CCCC2. The predicted molar refractivity (Wildman–Crippen MR) is 144 cm³/mol. The van der Waals surface area contributed by atoms with Crippen molar-refractivity contribution in [2.75, 3.05) is 25.1 Å². The average molecular weight is 525 g/mol. The Bertz CT molecular complexity index is 1230. The van der Waals surface area contributed by atoms with Gasteiger partial charge in [0.1, 0.15) is 29.7 Å². The number of thiophene rings is 1. The molecule has 0 spiro atoms. The number of hydrogen-bond acceptors (Lipinski definition) is 7. The quantitative estimate of drug-likeness (QED) is 0.221. The molecule has 1 aliphatic rings. The first-order valence-corrected chi connectivity index (χ1v) is 13.1. The van der Waals surface area contributed by atoms with E-state index in [0.29, 0.717) is 41.7 Å². The molecule has 7 nitrogen and oxygen atoms in total. The lowest BCUT2D eigenvalue weighted by atomic mass is 9.95. The summed E-state index contributed by atoms with van der Waals surface area (Å²) < 4.78 is 16.6. The first-order chi connectivity index (χ1) is 17.5. The number of anilines is 1. The summed E-state index contributed by atoms with van der Waals surface area (Å²) in [5.74, 6) is 0.578. The van der Waals surface area contributed by atoms with Gasteiger partial charge >= 0.3 is 5.97 Å². The van der Waals surface area contributed by atoms with Crippen molar-refractivity contribution in [3.05, 3.63) is 76.2 Å². The molecule has 0 unspecified atom stereocenters. The number of amides is 1. The Balaban J connectivity index is 1.34. The van der Waals surface area contributed by atoms with Gasteiger partial charge in [-0.05, 0) is 80.7 Å². The molecule has 0 radical (unpaired) electrons. The lowest BCUT2D eigenvalue weighted by Gasteiger charge is -2.13. The van der Waals surface area contributed by atoms with Crippen LogP contribution in [0.4, 0.5) is 5.00 Å². The van der Waals surface area contributed by atoms with Crippen LogP contribution in [0.15, 0.2) is 54.6 Å². The Hall–Kier alpha value is -3.43. The fraction of sp³-hybridized carbons (Fsp3) is 0.296. The molecule has 9 heteroatoms. The van der Waals surface area contributed by atoms with Gasteiger partial charge in [-0.3, -0.25) is 10.1 Å². The normalized spacial score (nSPS) is 12.2. The van der Waals surface area contributed by atoms with Crippen LogP contribution in [0.5, 0.6) is 11.5 Å². The summed E-state index contributed by atoms with van der Waals surface area (Å²) in [6.07, 6.45) is 3.89. The van der Waals surface area contributed by atoms with Crippen LogP contribution in [0.2, 0.25) is 0 Å². The number of rotatable bonds is 9. The third kappa shape index (κ3) is 6.61. The van der Waals surface area contributed by atoms with E-state index < -0.39 is 0 Å². The van der Waals surface area contributed by atoms with Gasteiger partial charge in [0.15, 0.2) is 5.11 Å². The number of para-hydroxylation sites is 1. The molecule has 188 valence electrons. The highest BCUT2D eigenvalue weighted by Crippen LogP contribution is 2.38. The zero-order chi connectivity index (χ0) is 25.3. The van der Waals surface area contributed by atoms with E-state index in [2.05, 4.69) is 10.6 Å². The van der Waals surface area contributed by atoms with Gasteiger partial charge in [-0.1, -0.05) is 24.3 Å². The number of hydrogen-bond donors (Lipinski definition) is 2. The fourth-order valence-corrected chi connectivity index (χ4v) is 5.49. The predicted octanol–water partition coefficient (Wildman–Crippen LogP) is 5.39. The summed E-state index contributed by atoms with van der Waals surface area (Å²) in [5, 5.41) is 6.47. The highest BCUT2D eigenvalue weighted by molar-refractivity contribution is 7.80. The maximum Gasteiger partial charge on any atom is 0.341 e. The highest BCUT2D eigenvalue weighted by atomic mass is 32.1. The van der Waals surface area contributed by atoms with E-state index >= 15 is 0 Å². The van der Waals surface area contributed by atoms with Gasteiger partial charge < -0.3 is 19.5 Å². The molecule has 0 fully saturated rings. The van der Waals surface area contributed by atoms with E-state index in [4.69, 9.17) is 26.4 Å². The van der Waals surface area contributed by atoms with Gasteiger partial charge in [0, 0.05) is 10.4 Å². The summed E-state index contributed by atoms with van der Waals surface area (Å²) in [4.78, 5) is 26.6. The Morgan fingerprint density at radius 2 is 1.69 bits per heavy atom. The van der Waals surface area contributed by atoms with Crippen molar-refractivity contribution in [1.82, 2.24) is 5.32 Å². The summed E-state index contributed by atoms with van der Waals surface area (Å²) in [5.41, 5.74) is 1.96. The van der Waals surface area contributed by atoms with Crippen LogP contribution in [0.1, 0.15) is 50.9 Å². The maximum absolute atomic E-state index is 12.8. The number of ether oxygens (including phenoxy) is 3. The van der Waals surface area contributed by atoms with Crippen LogP contribution in [-0.2, 0) is 17.6 Å². The molecule has 1 heterocycles. The second-order valence-electron chi connectivity index (χ2n) is 8.08. The molecule has 1 amide bonds. The number of thiocarbonyl (C=S) groups is 1. The first kappa shape index (κ1) is 25.7. The third-order valence-corrected chi connectivity index (χ3v) is 6.98. The summed E-state index contributed by atoms with van der Waals surface area (Å²) in [6.45, 7) is 2.78. The smallest absolute Gasteiger partial charge is 0.341 e. The second kappa shape index (κ2) is 12.5. The van der Waals surface area contributed by atoms with Crippen LogP contribution in [0.3, 0.4) is 0 Å². The number of benzene rings is 2. The van der Waals surface area contributed by atoms with Crippen LogP contribution in [-0.4, -0.2) is 36.8 Å². The van der Waals surface area contributed by atoms with Gasteiger partial charge in [-0.25, -0.2) is 4.79 Å². The van der Waals surface area contributed by atoms with Crippen molar-refractivity contribution in [3.63, 3.8) is 0 Å². The molecule has 2 aromatic carbocycles. The minimum Gasteiger partial charge on any atom is -0.490 e.